The van der Waals surface area contributed by atoms with Gasteiger partial charge in [0.25, 0.3) is 0 Å². The molecule has 0 spiro atoms. The van der Waals surface area contributed by atoms with Crippen LogP contribution in [-0.2, 0) is 6.54 Å². The molecule has 0 atom stereocenters. The fraction of sp³-hybridized carbons (Fsp3) is 0.636. The lowest BCUT2D eigenvalue weighted by atomic mass is 9.90. The van der Waals surface area contributed by atoms with Gasteiger partial charge in [0.1, 0.15) is 0 Å². The Morgan fingerprint density at radius 1 is 1.59 bits per heavy atom. The van der Waals surface area contributed by atoms with E-state index in [1.807, 2.05) is 0 Å². The van der Waals surface area contributed by atoms with Crippen molar-refractivity contribution < 1.29 is 15.0 Å². The van der Waals surface area contributed by atoms with Crippen LogP contribution in [0.2, 0.25) is 0 Å². The summed E-state index contributed by atoms with van der Waals surface area (Å²) in [6.07, 6.45) is 0.734. The van der Waals surface area contributed by atoms with E-state index < -0.39 is 5.97 Å². The highest BCUT2D eigenvalue weighted by Gasteiger charge is 2.16. The van der Waals surface area contributed by atoms with E-state index in [0.29, 0.717) is 6.54 Å². The van der Waals surface area contributed by atoms with Crippen molar-refractivity contribution in [3.05, 3.63) is 16.1 Å². The van der Waals surface area contributed by atoms with Crippen LogP contribution in [0.15, 0.2) is 5.38 Å². The molecule has 3 N–H and O–H groups in total. The van der Waals surface area contributed by atoms with E-state index in [0.717, 1.165) is 30.0 Å². The first-order chi connectivity index (χ1) is 7.94. The molecule has 0 aliphatic carbocycles. The van der Waals surface area contributed by atoms with Gasteiger partial charge in [0, 0.05) is 25.1 Å². The number of hydrogen-bond donors (Lipinski definition) is 3. The van der Waals surface area contributed by atoms with E-state index in [4.69, 9.17) is 10.2 Å². The summed E-state index contributed by atoms with van der Waals surface area (Å²) in [5.74, 6) is -0.984. The van der Waals surface area contributed by atoms with Crippen molar-refractivity contribution in [1.82, 2.24) is 10.3 Å². The minimum Gasteiger partial charge on any atom is -0.476 e. The molecule has 0 unspecified atom stereocenters. The second-order valence-corrected chi connectivity index (χ2v) is 5.55. The number of thiazole rings is 1. The van der Waals surface area contributed by atoms with E-state index in [9.17, 15) is 4.79 Å². The standard InChI is InChI=1S/C11H18N2O3S/c1-11(2,3-4-14)7-12-5-8-6-17-9(13-8)10(15)16/h6,12,14H,3-5,7H2,1-2H3,(H,15,16). The van der Waals surface area contributed by atoms with Crippen LogP contribution in [0, 0.1) is 5.41 Å². The number of aliphatic hydroxyl groups excluding tert-OH is 1. The predicted octanol–water partition coefficient (Wildman–Crippen LogP) is 1.34. The van der Waals surface area contributed by atoms with E-state index in [2.05, 4.69) is 24.1 Å². The van der Waals surface area contributed by atoms with Crippen molar-refractivity contribution in [3.8, 4) is 0 Å². The van der Waals surface area contributed by atoms with Crippen LogP contribution in [0.3, 0.4) is 0 Å². The fourth-order valence-corrected chi connectivity index (χ4v) is 2.06. The Hall–Kier alpha value is -0.980. The monoisotopic (exact) mass is 258 g/mol. The second-order valence-electron chi connectivity index (χ2n) is 4.69. The van der Waals surface area contributed by atoms with E-state index in [1.165, 1.54) is 0 Å². The van der Waals surface area contributed by atoms with Crippen LogP contribution in [0.4, 0.5) is 0 Å². The topological polar surface area (TPSA) is 82.5 Å². The van der Waals surface area contributed by atoms with Crippen LogP contribution in [0.5, 0.6) is 0 Å². The first-order valence-corrected chi connectivity index (χ1v) is 6.32. The predicted molar refractivity (Wildman–Crippen MR) is 66.3 cm³/mol. The van der Waals surface area contributed by atoms with Gasteiger partial charge in [0.2, 0.25) is 5.01 Å². The third kappa shape index (κ3) is 4.80. The number of carboxylic acids is 1. The number of aliphatic hydroxyl groups is 1. The molecule has 0 radical (unpaired) electrons. The zero-order valence-corrected chi connectivity index (χ0v) is 10.9. The first-order valence-electron chi connectivity index (χ1n) is 5.44. The summed E-state index contributed by atoms with van der Waals surface area (Å²) in [5, 5.41) is 22.7. The van der Waals surface area contributed by atoms with Gasteiger partial charge in [-0.2, -0.15) is 0 Å². The lowest BCUT2D eigenvalue weighted by molar-refractivity contribution is 0.0696. The van der Waals surface area contributed by atoms with Crippen LogP contribution in [-0.4, -0.2) is 34.3 Å². The van der Waals surface area contributed by atoms with Crippen LogP contribution < -0.4 is 5.32 Å². The highest BCUT2D eigenvalue weighted by atomic mass is 32.1. The number of carboxylic acid groups (broad SMARTS) is 1. The lowest BCUT2D eigenvalue weighted by Gasteiger charge is -2.23. The molecule has 1 heterocycles. The average Bonchev–Trinajstić information content (AvgIpc) is 2.66. The van der Waals surface area contributed by atoms with Gasteiger partial charge in [0.15, 0.2) is 0 Å². The summed E-state index contributed by atoms with van der Waals surface area (Å²) in [6, 6.07) is 0. The molecular weight excluding hydrogens is 240 g/mol. The SMILES string of the molecule is CC(C)(CCO)CNCc1csc(C(=O)O)n1. The average molecular weight is 258 g/mol. The highest BCUT2D eigenvalue weighted by molar-refractivity contribution is 7.11. The van der Waals surface area contributed by atoms with Crippen molar-refractivity contribution >= 4 is 17.3 Å². The Morgan fingerprint density at radius 3 is 2.82 bits per heavy atom. The normalized spacial score (nSPS) is 11.7. The van der Waals surface area contributed by atoms with E-state index in [-0.39, 0.29) is 17.0 Å². The first kappa shape index (κ1) is 14.1. The number of aromatic carboxylic acids is 1. The maximum atomic E-state index is 10.6. The number of rotatable bonds is 7. The minimum atomic E-state index is -0.984. The van der Waals surface area contributed by atoms with Crippen LogP contribution >= 0.6 is 11.3 Å². The molecule has 0 amide bonds. The third-order valence-electron chi connectivity index (χ3n) is 2.43. The molecule has 0 bridgehead atoms. The number of nitrogens with zero attached hydrogens (tertiary/aromatic N) is 1. The van der Waals surface area contributed by atoms with Gasteiger partial charge in [-0.25, -0.2) is 9.78 Å². The number of aromatic nitrogens is 1. The van der Waals surface area contributed by atoms with Gasteiger partial charge in [0.05, 0.1) is 5.69 Å². The van der Waals surface area contributed by atoms with Gasteiger partial charge in [-0.15, -0.1) is 11.3 Å². The van der Waals surface area contributed by atoms with Gasteiger partial charge >= 0.3 is 5.97 Å². The largest absolute Gasteiger partial charge is 0.476 e. The fourth-order valence-electron chi connectivity index (χ4n) is 1.41. The Morgan fingerprint density at radius 2 is 2.29 bits per heavy atom. The van der Waals surface area contributed by atoms with Crippen molar-refractivity contribution in [3.63, 3.8) is 0 Å². The number of carbonyl (C=O) groups is 1. The summed E-state index contributed by atoms with van der Waals surface area (Å²) in [4.78, 5) is 14.6. The smallest absolute Gasteiger partial charge is 0.365 e. The molecule has 5 nitrogen and oxygen atoms in total. The summed E-state index contributed by atoms with van der Waals surface area (Å²) in [7, 11) is 0. The second kappa shape index (κ2) is 6.09. The molecule has 0 aliphatic heterocycles. The zero-order chi connectivity index (χ0) is 12.9. The summed E-state index contributed by atoms with van der Waals surface area (Å²) >= 11 is 1.14. The quantitative estimate of drug-likeness (QED) is 0.687. The number of nitrogens with one attached hydrogen (secondary N) is 1. The van der Waals surface area contributed by atoms with Crippen LogP contribution in [0.25, 0.3) is 0 Å². The minimum absolute atomic E-state index is 0.0282. The Kier molecular flexibility index (Phi) is 5.04. The summed E-state index contributed by atoms with van der Waals surface area (Å²) < 4.78 is 0. The molecule has 1 rings (SSSR count). The molecule has 1 aromatic rings. The summed E-state index contributed by atoms with van der Waals surface area (Å²) in [6.45, 7) is 5.63. The molecule has 0 saturated carbocycles. The van der Waals surface area contributed by atoms with Gasteiger partial charge in [-0.3, -0.25) is 0 Å². The molecular formula is C11H18N2O3S. The number of hydrogen-bond acceptors (Lipinski definition) is 5. The lowest BCUT2D eigenvalue weighted by Crippen LogP contribution is -2.30. The van der Waals surface area contributed by atoms with Gasteiger partial charge < -0.3 is 15.5 Å². The van der Waals surface area contributed by atoms with Gasteiger partial charge in [-0.1, -0.05) is 13.8 Å². The van der Waals surface area contributed by atoms with Crippen molar-refractivity contribution in [2.75, 3.05) is 13.2 Å². The Balaban J connectivity index is 2.38. The maximum Gasteiger partial charge on any atom is 0.365 e. The van der Waals surface area contributed by atoms with Crippen molar-refractivity contribution in [2.45, 2.75) is 26.8 Å². The van der Waals surface area contributed by atoms with Crippen LogP contribution in [0.1, 0.15) is 35.8 Å². The molecule has 1 aromatic heterocycles. The van der Waals surface area contributed by atoms with E-state index in [1.54, 1.807) is 5.38 Å². The molecule has 17 heavy (non-hydrogen) atoms. The van der Waals surface area contributed by atoms with Crippen molar-refractivity contribution in [1.29, 1.82) is 0 Å². The Bertz CT molecular complexity index is 377. The summed E-state index contributed by atoms with van der Waals surface area (Å²) in [5.41, 5.74) is 0.771. The zero-order valence-electron chi connectivity index (χ0n) is 10.1. The Labute approximate surface area is 105 Å². The molecule has 6 heteroatoms. The molecule has 0 aromatic carbocycles. The molecule has 0 aliphatic rings. The molecule has 0 fully saturated rings. The highest BCUT2D eigenvalue weighted by Crippen LogP contribution is 2.18. The van der Waals surface area contributed by atoms with Crippen molar-refractivity contribution in [2.24, 2.45) is 5.41 Å². The van der Waals surface area contributed by atoms with Gasteiger partial charge in [-0.05, 0) is 11.8 Å². The molecule has 96 valence electrons. The maximum absolute atomic E-state index is 10.6. The van der Waals surface area contributed by atoms with E-state index >= 15 is 0 Å². The third-order valence-corrected chi connectivity index (χ3v) is 3.31. The molecule has 0 saturated heterocycles.